The molecule has 0 fully saturated rings. The van der Waals surface area contributed by atoms with E-state index in [0.29, 0.717) is 35.0 Å². The molecular formula is C37H29BN2O9. The first-order valence-electron chi connectivity index (χ1n) is 15.5. The summed E-state index contributed by atoms with van der Waals surface area (Å²) in [5, 5.41) is 102. The fourth-order valence-electron chi connectivity index (χ4n) is 7.47. The predicted molar refractivity (Wildman–Crippen MR) is 188 cm³/mol. The third kappa shape index (κ3) is 3.97. The first kappa shape index (κ1) is 29.8. The minimum Gasteiger partial charge on any atom is -0.505 e. The van der Waals surface area contributed by atoms with Crippen molar-refractivity contribution in [3.05, 3.63) is 95.4 Å². The third-order valence-corrected chi connectivity index (χ3v) is 9.79. The number of phenolic OH excluding ortho intramolecular Hbond substituents is 9. The number of nitrogens with zero attached hydrogens (tertiary/aromatic N) is 1. The minimum atomic E-state index is -1.03. The molecule has 11 nitrogen and oxygen atoms in total. The molecule has 0 spiro atoms. The van der Waals surface area contributed by atoms with Crippen molar-refractivity contribution in [3.63, 3.8) is 0 Å². The van der Waals surface area contributed by atoms with Gasteiger partial charge in [0.15, 0.2) is 34.5 Å². The molecule has 5 aromatic carbocycles. The van der Waals surface area contributed by atoms with Crippen LogP contribution >= 0.6 is 0 Å². The van der Waals surface area contributed by atoms with Crippen molar-refractivity contribution in [3.8, 4) is 62.9 Å². The van der Waals surface area contributed by atoms with Gasteiger partial charge in [-0.3, -0.25) is 0 Å². The average molecular weight is 656 g/mol. The van der Waals surface area contributed by atoms with Crippen LogP contribution in [-0.4, -0.2) is 66.4 Å². The predicted octanol–water partition coefficient (Wildman–Crippen LogP) is 4.24. The van der Waals surface area contributed by atoms with Gasteiger partial charge in [-0.2, -0.15) is 0 Å². The SMILES string of the molecule is Bc1c(O)c(O)c(-c2c3ccccc3c(C3=CCC4C(=C3)C3=C(C=CNC3)N4c3c(O)c(O)c(O)c(O)c3O)c3ccccc23)c(O)c1O. The molecule has 8 rings (SSSR count). The molecule has 1 unspecified atom stereocenters. The Kier molecular flexibility index (Phi) is 6.38. The molecular weight excluding hydrogens is 627 g/mol. The molecule has 0 saturated heterocycles. The number of phenols is 9. The molecule has 0 saturated carbocycles. The summed E-state index contributed by atoms with van der Waals surface area (Å²) in [7, 11) is 1.39. The number of rotatable bonds is 3. The number of hydrogen-bond donors (Lipinski definition) is 10. The highest BCUT2D eigenvalue weighted by atomic mass is 16.4. The van der Waals surface area contributed by atoms with Gasteiger partial charge in [0.2, 0.25) is 17.2 Å². The van der Waals surface area contributed by atoms with Crippen molar-refractivity contribution in [2.45, 2.75) is 12.5 Å². The summed E-state index contributed by atoms with van der Waals surface area (Å²) < 4.78 is 0. The normalized spacial score (nSPS) is 16.8. The smallest absolute Gasteiger partial charge is 0.208 e. The summed E-state index contributed by atoms with van der Waals surface area (Å²) in [6, 6.07) is 14.4. The van der Waals surface area contributed by atoms with Crippen molar-refractivity contribution in [1.82, 2.24) is 5.32 Å². The van der Waals surface area contributed by atoms with Gasteiger partial charge < -0.3 is 56.2 Å². The van der Waals surface area contributed by atoms with Crippen LogP contribution in [0.5, 0.6) is 51.7 Å². The molecule has 2 aliphatic heterocycles. The van der Waals surface area contributed by atoms with Crippen molar-refractivity contribution in [1.29, 1.82) is 0 Å². The standard InChI is InChI=1S/C37H29BN2O9/c38-27-31(43)29(41)26(30(42)32(27)44)25-18-7-3-1-5-16(18)24(17-6-2-4-8-19(17)25)15-9-10-22-20(13-15)21-14-39-12-11-23(21)40(22)28-33(45)35(47)37(49)36(48)34(28)46/h1-9,11-13,22,39,41-49H,10,14,38H2. The van der Waals surface area contributed by atoms with E-state index in [9.17, 15) is 46.0 Å². The highest BCUT2D eigenvalue weighted by Crippen LogP contribution is 2.59. The molecule has 0 radical (unpaired) electrons. The Morgan fingerprint density at radius 1 is 0.612 bits per heavy atom. The zero-order valence-electron chi connectivity index (χ0n) is 25.9. The monoisotopic (exact) mass is 656 g/mol. The topological polar surface area (TPSA) is 197 Å². The Bertz CT molecular complexity index is 2330. The Balaban J connectivity index is 1.37. The van der Waals surface area contributed by atoms with Gasteiger partial charge in [-0.05, 0) is 63.0 Å². The number of hydrogen-bond acceptors (Lipinski definition) is 11. The Hall–Kier alpha value is -6.56. The van der Waals surface area contributed by atoms with Gasteiger partial charge in [0.25, 0.3) is 0 Å². The van der Waals surface area contributed by atoms with Gasteiger partial charge in [-0.1, -0.05) is 54.6 Å². The van der Waals surface area contributed by atoms with E-state index in [0.717, 1.165) is 33.1 Å². The highest BCUT2D eigenvalue weighted by molar-refractivity contribution is 6.37. The second-order valence-electron chi connectivity index (χ2n) is 12.3. The van der Waals surface area contributed by atoms with E-state index in [4.69, 9.17) is 0 Å². The first-order chi connectivity index (χ1) is 23.5. The third-order valence-electron chi connectivity index (χ3n) is 9.79. The van der Waals surface area contributed by atoms with Gasteiger partial charge in [0, 0.05) is 28.8 Å². The molecule has 10 N–H and O–H groups in total. The number of fused-ring (bicyclic) bond motifs is 4. The molecule has 0 bridgehead atoms. The van der Waals surface area contributed by atoms with Crippen LogP contribution in [-0.2, 0) is 0 Å². The van der Waals surface area contributed by atoms with Crippen LogP contribution in [0.4, 0.5) is 5.69 Å². The van der Waals surface area contributed by atoms with Gasteiger partial charge >= 0.3 is 0 Å². The van der Waals surface area contributed by atoms with E-state index in [1.165, 1.54) is 7.85 Å². The molecule has 49 heavy (non-hydrogen) atoms. The van der Waals surface area contributed by atoms with Crippen LogP contribution in [0.3, 0.4) is 0 Å². The van der Waals surface area contributed by atoms with Crippen molar-refractivity contribution in [2.24, 2.45) is 0 Å². The van der Waals surface area contributed by atoms with E-state index in [2.05, 4.69) is 5.32 Å². The maximum atomic E-state index is 11.2. The van der Waals surface area contributed by atoms with Crippen LogP contribution in [0.25, 0.3) is 38.2 Å². The highest BCUT2D eigenvalue weighted by Gasteiger charge is 2.42. The Morgan fingerprint density at radius 3 is 1.67 bits per heavy atom. The van der Waals surface area contributed by atoms with Gasteiger partial charge in [0.1, 0.15) is 13.5 Å². The van der Waals surface area contributed by atoms with E-state index in [1.807, 2.05) is 60.7 Å². The van der Waals surface area contributed by atoms with E-state index in [-0.39, 0.29) is 16.7 Å². The van der Waals surface area contributed by atoms with Gasteiger partial charge in [-0.25, -0.2) is 0 Å². The maximum absolute atomic E-state index is 11.2. The molecule has 1 aliphatic carbocycles. The van der Waals surface area contributed by atoms with E-state index >= 15 is 0 Å². The lowest BCUT2D eigenvalue weighted by Gasteiger charge is -2.32. The first-order valence-corrected chi connectivity index (χ1v) is 15.5. The number of aromatic hydroxyl groups is 9. The molecule has 244 valence electrons. The van der Waals surface area contributed by atoms with Crippen LogP contribution in [0, 0.1) is 0 Å². The Labute approximate surface area is 279 Å². The molecule has 0 aromatic heterocycles. The molecule has 0 amide bonds. The molecule has 1 atom stereocenters. The van der Waals surface area contributed by atoms with Gasteiger partial charge in [-0.15, -0.1) is 0 Å². The summed E-state index contributed by atoms with van der Waals surface area (Å²) in [5.74, 6) is -6.70. The van der Waals surface area contributed by atoms with Crippen LogP contribution in [0.15, 0.2) is 89.8 Å². The van der Waals surface area contributed by atoms with Gasteiger partial charge in [0.05, 0.1) is 11.6 Å². The number of dihydropyridines is 1. The fraction of sp³-hybridized carbons (Fsp3) is 0.0811. The summed E-state index contributed by atoms with van der Waals surface area (Å²) in [4.78, 5) is 1.64. The fourth-order valence-corrected chi connectivity index (χ4v) is 7.47. The lowest BCUT2D eigenvalue weighted by Crippen LogP contribution is -2.31. The largest absolute Gasteiger partial charge is 0.505 e. The van der Waals surface area contributed by atoms with Crippen LogP contribution < -0.4 is 15.7 Å². The second-order valence-corrected chi connectivity index (χ2v) is 12.3. The number of anilines is 1. The molecule has 5 aromatic rings. The maximum Gasteiger partial charge on any atom is 0.208 e. The number of benzene rings is 5. The number of allylic oxidation sites excluding steroid dienone is 3. The molecule has 2 heterocycles. The summed E-state index contributed by atoms with van der Waals surface area (Å²) in [5.41, 5.74) is 4.06. The van der Waals surface area contributed by atoms with Crippen molar-refractivity contribution < 1.29 is 46.0 Å². The Morgan fingerprint density at radius 2 is 1.12 bits per heavy atom. The van der Waals surface area contributed by atoms with Crippen LogP contribution in [0.1, 0.15) is 12.0 Å². The summed E-state index contributed by atoms with van der Waals surface area (Å²) in [6.07, 6.45) is 7.89. The number of nitrogens with one attached hydrogen (secondary N) is 1. The van der Waals surface area contributed by atoms with E-state index in [1.54, 1.807) is 17.2 Å². The molecule has 12 heteroatoms. The second kappa shape index (κ2) is 10.5. The van der Waals surface area contributed by atoms with Crippen molar-refractivity contribution in [2.75, 3.05) is 11.4 Å². The average Bonchev–Trinajstić information content (AvgIpc) is 3.44. The minimum absolute atomic E-state index is 0.0526. The zero-order chi connectivity index (χ0) is 34.5. The quantitative estimate of drug-likeness (QED) is 0.0577. The lowest BCUT2D eigenvalue weighted by molar-refractivity contribution is 0.328. The summed E-state index contributed by atoms with van der Waals surface area (Å²) in [6.45, 7) is 0.412. The lowest BCUT2D eigenvalue weighted by atomic mass is 9.81. The van der Waals surface area contributed by atoms with E-state index < -0.39 is 57.8 Å². The summed E-state index contributed by atoms with van der Waals surface area (Å²) >= 11 is 0. The zero-order valence-corrected chi connectivity index (χ0v) is 25.9. The molecule has 3 aliphatic rings. The van der Waals surface area contributed by atoms with Crippen molar-refractivity contribution >= 4 is 46.1 Å². The van der Waals surface area contributed by atoms with Crippen LogP contribution in [0.2, 0.25) is 0 Å².